The minimum atomic E-state index is -4.13. The molecule has 12 heteroatoms. The first-order valence-electron chi connectivity index (χ1n) is 12.7. The van der Waals surface area contributed by atoms with E-state index in [1.807, 2.05) is 32.9 Å². The Balaban J connectivity index is 1.77. The molecule has 0 aromatic carbocycles. The van der Waals surface area contributed by atoms with Crippen molar-refractivity contribution < 1.29 is 33.0 Å². The number of nitrogens with one attached hydrogen (secondary N) is 1. The molecule has 3 rings (SSSR count). The quantitative estimate of drug-likeness (QED) is 0.163. The highest BCUT2D eigenvalue weighted by atomic mass is 31.2. The van der Waals surface area contributed by atoms with Gasteiger partial charge < -0.3 is 19.1 Å². The van der Waals surface area contributed by atoms with Gasteiger partial charge in [0.1, 0.15) is 30.3 Å². The number of carbonyl (C=O) groups excluding carboxylic acids is 1. The van der Waals surface area contributed by atoms with Gasteiger partial charge in [0.05, 0.1) is 36.2 Å². The summed E-state index contributed by atoms with van der Waals surface area (Å²) in [6, 6.07) is 2.84. The highest BCUT2D eigenvalue weighted by Crippen LogP contribution is 2.48. The van der Waals surface area contributed by atoms with Crippen LogP contribution in [0.25, 0.3) is 5.52 Å². The molecule has 1 saturated heterocycles. The zero-order chi connectivity index (χ0) is 27.9. The number of hydrogen-bond acceptors (Lipinski definition) is 9. The first kappa shape index (κ1) is 29.7. The predicted molar refractivity (Wildman–Crippen MR) is 142 cm³/mol. The Kier molecular flexibility index (Phi) is 10.4. The first-order chi connectivity index (χ1) is 18.1. The van der Waals surface area contributed by atoms with Crippen molar-refractivity contribution in [3.63, 3.8) is 0 Å². The Hall–Kier alpha value is -2.82. The number of carbonyl (C=O) groups is 1. The maximum Gasteiger partial charge on any atom is 0.459 e. The molecule has 2 aromatic rings. The number of aryl methyl sites for hydroxylation is 1. The molecule has 2 N–H and O–H groups in total. The number of ether oxygens (including phenoxy) is 2. The molecule has 0 saturated carbocycles. The summed E-state index contributed by atoms with van der Waals surface area (Å²) < 4.78 is 37.8. The third-order valence-electron chi connectivity index (χ3n) is 6.13. The van der Waals surface area contributed by atoms with Crippen molar-refractivity contribution in [1.82, 2.24) is 19.7 Å². The molecule has 0 bridgehead atoms. The molecule has 11 nitrogen and oxygen atoms in total. The second kappa shape index (κ2) is 13.3. The summed E-state index contributed by atoms with van der Waals surface area (Å²) in [6.07, 6.45) is 6.72. The van der Waals surface area contributed by atoms with Gasteiger partial charge in [-0.2, -0.15) is 10.2 Å². The first-order valence-corrected chi connectivity index (χ1v) is 14.2. The van der Waals surface area contributed by atoms with E-state index in [-0.39, 0.29) is 24.9 Å². The highest BCUT2D eigenvalue weighted by Gasteiger charge is 2.44. The molecule has 3 heterocycles. The van der Waals surface area contributed by atoms with Crippen molar-refractivity contribution in [3.05, 3.63) is 66.5 Å². The summed E-state index contributed by atoms with van der Waals surface area (Å²) in [5.41, 5.74) is 2.54. The van der Waals surface area contributed by atoms with Crippen LogP contribution in [0.1, 0.15) is 52.1 Å². The second-order valence-corrected chi connectivity index (χ2v) is 10.6. The number of esters is 1. The van der Waals surface area contributed by atoms with Gasteiger partial charge in [0.2, 0.25) is 0 Å². The van der Waals surface area contributed by atoms with Crippen molar-refractivity contribution in [3.8, 4) is 0 Å². The Morgan fingerprint density at radius 1 is 1.37 bits per heavy atom. The van der Waals surface area contributed by atoms with Gasteiger partial charge in [0.25, 0.3) is 0 Å². The van der Waals surface area contributed by atoms with Crippen LogP contribution in [0.3, 0.4) is 0 Å². The minimum Gasteiger partial charge on any atom is -0.465 e. The average molecular weight is 549 g/mol. The number of allylic oxidation sites excluding steroid dienone is 4. The van der Waals surface area contributed by atoms with Crippen molar-refractivity contribution in [2.45, 2.75) is 65.4 Å². The topological polar surface area (TPSA) is 134 Å². The Bertz CT molecular complexity index is 1230. The number of aliphatic hydroxyl groups is 1. The predicted octanol–water partition coefficient (Wildman–Crippen LogP) is 4.06. The standard InChI is InChI=1S/C26H37N4O7P/c1-7-10-11-12-17(4)37-38(33,29-19(6)26(32)34-9-3)35-15-23-24(31)18(5)25(36-23)22-14-13-21-20(8-2)27-16-28-30(21)22/h7,10-14,16,18-19,23-25,31H,4,8-9,15H2,1-3,5-6H3,(H,29,33). The van der Waals surface area contributed by atoms with Crippen molar-refractivity contribution in [2.24, 2.45) is 5.92 Å². The van der Waals surface area contributed by atoms with Crippen LogP contribution in [-0.4, -0.2) is 57.1 Å². The van der Waals surface area contributed by atoms with E-state index in [1.165, 1.54) is 19.3 Å². The van der Waals surface area contributed by atoms with Crippen LogP contribution in [0, 0.1) is 5.92 Å². The lowest BCUT2D eigenvalue weighted by molar-refractivity contribution is -0.144. The zero-order valence-electron chi connectivity index (χ0n) is 22.4. The van der Waals surface area contributed by atoms with Crippen LogP contribution in [0.2, 0.25) is 0 Å². The van der Waals surface area contributed by atoms with Crippen LogP contribution in [0.15, 0.2) is 55.1 Å². The fourth-order valence-electron chi connectivity index (χ4n) is 4.16. The van der Waals surface area contributed by atoms with Crippen molar-refractivity contribution in [2.75, 3.05) is 13.2 Å². The zero-order valence-corrected chi connectivity index (χ0v) is 23.3. The van der Waals surface area contributed by atoms with Crippen LogP contribution in [-0.2, 0) is 34.3 Å². The number of fused-ring (bicyclic) bond motifs is 1. The molecule has 0 amide bonds. The second-order valence-electron chi connectivity index (χ2n) is 8.90. The Morgan fingerprint density at radius 2 is 2.13 bits per heavy atom. The smallest absolute Gasteiger partial charge is 0.459 e. The van der Waals surface area contributed by atoms with E-state index in [2.05, 4.69) is 21.7 Å². The summed E-state index contributed by atoms with van der Waals surface area (Å²) in [5, 5.41) is 17.9. The van der Waals surface area contributed by atoms with Gasteiger partial charge in [-0.15, -0.1) is 0 Å². The van der Waals surface area contributed by atoms with Crippen molar-refractivity contribution >= 4 is 19.2 Å². The number of nitrogens with zero attached hydrogens (tertiary/aromatic N) is 3. The largest absolute Gasteiger partial charge is 0.465 e. The molecule has 1 aliphatic rings. The van der Waals surface area contributed by atoms with Gasteiger partial charge in [-0.05, 0) is 45.4 Å². The molecular formula is C26H37N4O7P. The molecule has 6 unspecified atom stereocenters. The van der Waals surface area contributed by atoms with E-state index in [1.54, 1.807) is 29.7 Å². The van der Waals surface area contributed by atoms with Crippen molar-refractivity contribution in [1.29, 1.82) is 0 Å². The molecule has 1 fully saturated rings. The molecule has 1 aliphatic heterocycles. The fourth-order valence-corrected chi connectivity index (χ4v) is 5.63. The number of aromatic nitrogens is 3. The van der Waals surface area contributed by atoms with Gasteiger partial charge in [-0.25, -0.2) is 14.1 Å². The van der Waals surface area contributed by atoms with E-state index in [0.29, 0.717) is 0 Å². The van der Waals surface area contributed by atoms with Gasteiger partial charge in [0, 0.05) is 5.92 Å². The molecule has 2 aromatic heterocycles. The highest BCUT2D eigenvalue weighted by molar-refractivity contribution is 7.51. The monoisotopic (exact) mass is 548 g/mol. The lowest BCUT2D eigenvalue weighted by atomic mass is 9.97. The molecule has 0 aliphatic carbocycles. The van der Waals surface area contributed by atoms with E-state index in [9.17, 15) is 14.5 Å². The molecule has 6 atom stereocenters. The molecule has 0 radical (unpaired) electrons. The van der Waals surface area contributed by atoms with E-state index < -0.39 is 38.1 Å². The SMILES string of the molecule is C=C(C=CC=CC)OP(=O)(NC(C)C(=O)OCC)OCC1OC(c2ccc3c(CC)ncnn23)C(C)C1O. The fraction of sp³-hybridized carbons (Fsp3) is 0.500. The van der Waals surface area contributed by atoms with E-state index in [4.69, 9.17) is 18.5 Å². The molecular weight excluding hydrogens is 511 g/mol. The summed E-state index contributed by atoms with van der Waals surface area (Å²) >= 11 is 0. The van der Waals surface area contributed by atoms with E-state index >= 15 is 0 Å². The molecule has 0 spiro atoms. The Morgan fingerprint density at radius 3 is 2.82 bits per heavy atom. The van der Waals surface area contributed by atoms with E-state index in [0.717, 1.165) is 23.3 Å². The number of aliphatic hydroxyl groups excluding tert-OH is 1. The maximum atomic E-state index is 13.6. The third-order valence-corrected chi connectivity index (χ3v) is 7.80. The molecule has 208 valence electrons. The van der Waals surface area contributed by atoms with Crippen LogP contribution >= 0.6 is 7.75 Å². The number of hydrogen-bond donors (Lipinski definition) is 2. The lowest BCUT2D eigenvalue weighted by Gasteiger charge is -2.24. The maximum absolute atomic E-state index is 13.6. The van der Waals surface area contributed by atoms with Gasteiger partial charge in [0.15, 0.2) is 0 Å². The Labute approximate surface area is 223 Å². The normalized spacial score (nSPS) is 24.2. The minimum absolute atomic E-state index is 0.0557. The summed E-state index contributed by atoms with van der Waals surface area (Å²) in [6.45, 7) is 12.5. The molecule has 38 heavy (non-hydrogen) atoms. The van der Waals surface area contributed by atoms with Gasteiger partial charge in [-0.1, -0.05) is 38.7 Å². The van der Waals surface area contributed by atoms with Crippen LogP contribution < -0.4 is 5.09 Å². The summed E-state index contributed by atoms with van der Waals surface area (Å²) in [5.74, 6) is -0.873. The summed E-state index contributed by atoms with van der Waals surface area (Å²) in [4.78, 5) is 16.5. The van der Waals surface area contributed by atoms with Crippen LogP contribution in [0.4, 0.5) is 0 Å². The van der Waals surface area contributed by atoms with Gasteiger partial charge in [-0.3, -0.25) is 9.32 Å². The summed E-state index contributed by atoms with van der Waals surface area (Å²) in [7, 11) is -4.13. The number of rotatable bonds is 13. The third kappa shape index (κ3) is 6.98. The average Bonchev–Trinajstić information content (AvgIpc) is 3.43. The van der Waals surface area contributed by atoms with Crippen LogP contribution in [0.5, 0.6) is 0 Å². The lowest BCUT2D eigenvalue weighted by Crippen LogP contribution is -2.36. The van der Waals surface area contributed by atoms with Gasteiger partial charge >= 0.3 is 13.7 Å².